The third kappa shape index (κ3) is 2.75. The highest BCUT2D eigenvalue weighted by molar-refractivity contribution is 7.89. The highest BCUT2D eigenvalue weighted by atomic mass is 32.2. The first-order valence-electron chi connectivity index (χ1n) is 6.33. The van der Waals surface area contributed by atoms with Gasteiger partial charge in [-0.15, -0.1) is 0 Å². The molecule has 0 amide bonds. The molecule has 8 heteroatoms. The van der Waals surface area contributed by atoms with Crippen molar-refractivity contribution in [1.29, 1.82) is 5.26 Å². The van der Waals surface area contributed by atoms with Crippen molar-refractivity contribution in [2.24, 2.45) is 0 Å². The van der Waals surface area contributed by atoms with E-state index in [-0.39, 0.29) is 13.0 Å². The van der Waals surface area contributed by atoms with Gasteiger partial charge in [0.2, 0.25) is 10.0 Å². The lowest BCUT2D eigenvalue weighted by Gasteiger charge is -2.32. The van der Waals surface area contributed by atoms with E-state index in [0.29, 0.717) is 12.8 Å². The third-order valence-electron chi connectivity index (χ3n) is 3.41. The van der Waals surface area contributed by atoms with Crippen LogP contribution in [0, 0.1) is 17.1 Å². The molecule has 6 nitrogen and oxygen atoms in total. The Hall–Kier alpha value is -1.98. The number of piperidine rings is 1. The molecule has 1 aliphatic heterocycles. The van der Waals surface area contributed by atoms with Crippen molar-refractivity contribution in [2.45, 2.75) is 30.2 Å². The van der Waals surface area contributed by atoms with Gasteiger partial charge in [0.15, 0.2) is 0 Å². The molecule has 1 aromatic rings. The SMILES string of the molecule is N#Cc1c(F)cccc1S(=O)(=O)N1CCCCC1C(=O)O. The molecular weight excluding hydrogens is 299 g/mol. The van der Waals surface area contributed by atoms with Crippen LogP contribution in [0.5, 0.6) is 0 Å². The number of rotatable bonds is 3. The summed E-state index contributed by atoms with van der Waals surface area (Å²) < 4.78 is 39.6. The number of sulfonamides is 1. The summed E-state index contributed by atoms with van der Waals surface area (Å²) in [4.78, 5) is 10.7. The number of carboxylic acids is 1. The molecule has 0 aromatic heterocycles. The summed E-state index contributed by atoms with van der Waals surface area (Å²) in [5, 5.41) is 18.1. The molecule has 1 atom stereocenters. The first-order chi connectivity index (χ1) is 9.89. The second-order valence-electron chi connectivity index (χ2n) is 4.69. The molecule has 1 aliphatic rings. The normalized spacial score (nSPS) is 19.9. The van der Waals surface area contributed by atoms with Gasteiger partial charge in [0.1, 0.15) is 28.4 Å². The first-order valence-corrected chi connectivity index (χ1v) is 7.77. The Bertz CT molecular complexity index is 711. The summed E-state index contributed by atoms with van der Waals surface area (Å²) in [6, 6.07) is 3.63. The molecule has 1 aromatic carbocycles. The van der Waals surface area contributed by atoms with Crippen molar-refractivity contribution in [2.75, 3.05) is 6.54 Å². The first kappa shape index (κ1) is 15.4. The maximum absolute atomic E-state index is 13.6. The third-order valence-corrected chi connectivity index (χ3v) is 5.36. The van der Waals surface area contributed by atoms with Gasteiger partial charge in [-0.05, 0) is 31.4 Å². The topological polar surface area (TPSA) is 98.5 Å². The maximum Gasteiger partial charge on any atom is 0.322 e. The Morgan fingerprint density at radius 3 is 2.76 bits per heavy atom. The number of nitriles is 1. The summed E-state index contributed by atoms with van der Waals surface area (Å²) in [6.07, 6.45) is 1.34. The Morgan fingerprint density at radius 1 is 1.43 bits per heavy atom. The zero-order valence-corrected chi connectivity index (χ0v) is 11.8. The van der Waals surface area contributed by atoms with Crippen LogP contribution in [0.15, 0.2) is 23.1 Å². The predicted octanol–water partition coefficient (Wildman–Crippen LogP) is 1.33. The van der Waals surface area contributed by atoms with E-state index in [1.165, 1.54) is 12.1 Å². The van der Waals surface area contributed by atoms with Crippen molar-refractivity contribution in [1.82, 2.24) is 4.31 Å². The standard InChI is InChI=1S/C13H13FN2O4S/c14-10-4-3-6-12(9(10)8-15)21(19,20)16-7-2-1-5-11(16)13(17)18/h3-4,6,11H,1-2,5,7H2,(H,17,18). The van der Waals surface area contributed by atoms with E-state index >= 15 is 0 Å². The smallest absolute Gasteiger partial charge is 0.322 e. The van der Waals surface area contributed by atoms with Crippen LogP contribution >= 0.6 is 0 Å². The minimum absolute atomic E-state index is 0.0423. The Morgan fingerprint density at radius 2 is 2.14 bits per heavy atom. The fourth-order valence-electron chi connectivity index (χ4n) is 2.39. The molecule has 0 bridgehead atoms. The van der Waals surface area contributed by atoms with Gasteiger partial charge in [0.05, 0.1) is 0 Å². The number of aliphatic carboxylic acids is 1. The highest BCUT2D eigenvalue weighted by Crippen LogP contribution is 2.28. The van der Waals surface area contributed by atoms with Crippen LogP contribution in [0.25, 0.3) is 0 Å². The van der Waals surface area contributed by atoms with Crippen LogP contribution in [0.3, 0.4) is 0 Å². The molecule has 0 radical (unpaired) electrons. The maximum atomic E-state index is 13.6. The quantitative estimate of drug-likeness (QED) is 0.907. The van der Waals surface area contributed by atoms with Crippen LogP contribution in [0.2, 0.25) is 0 Å². The molecule has 112 valence electrons. The van der Waals surface area contributed by atoms with Gasteiger partial charge >= 0.3 is 5.97 Å². The number of nitrogens with zero attached hydrogens (tertiary/aromatic N) is 2. The van der Waals surface area contributed by atoms with Crippen LogP contribution in [0.1, 0.15) is 24.8 Å². The summed E-state index contributed by atoms with van der Waals surface area (Å²) in [5.41, 5.74) is -0.591. The molecule has 21 heavy (non-hydrogen) atoms. The van der Waals surface area contributed by atoms with Crippen molar-refractivity contribution >= 4 is 16.0 Å². The number of benzene rings is 1. The Kier molecular flexibility index (Phi) is 4.25. The van der Waals surface area contributed by atoms with Gasteiger partial charge in [-0.2, -0.15) is 9.57 Å². The minimum atomic E-state index is -4.23. The monoisotopic (exact) mass is 312 g/mol. The summed E-state index contributed by atoms with van der Waals surface area (Å²) in [6.45, 7) is 0.0423. The molecule has 1 N–H and O–H groups in total. The van der Waals surface area contributed by atoms with E-state index in [4.69, 9.17) is 10.4 Å². The largest absolute Gasteiger partial charge is 0.480 e. The van der Waals surface area contributed by atoms with Crippen molar-refractivity contribution in [3.63, 3.8) is 0 Å². The van der Waals surface area contributed by atoms with E-state index in [1.54, 1.807) is 0 Å². The average molecular weight is 312 g/mol. The average Bonchev–Trinajstić information content (AvgIpc) is 2.46. The molecule has 2 rings (SSSR count). The van der Waals surface area contributed by atoms with E-state index in [1.807, 2.05) is 0 Å². The molecule has 1 fully saturated rings. The van der Waals surface area contributed by atoms with Crippen LogP contribution < -0.4 is 0 Å². The second kappa shape index (κ2) is 5.79. The minimum Gasteiger partial charge on any atom is -0.480 e. The van der Waals surface area contributed by atoms with Crippen LogP contribution in [0.4, 0.5) is 4.39 Å². The van der Waals surface area contributed by atoms with Gasteiger partial charge in [-0.1, -0.05) is 6.07 Å². The summed E-state index contributed by atoms with van der Waals surface area (Å²) in [5.74, 6) is -2.18. The molecule has 0 spiro atoms. The molecule has 0 aliphatic carbocycles. The van der Waals surface area contributed by atoms with E-state index < -0.39 is 38.3 Å². The zero-order valence-electron chi connectivity index (χ0n) is 11.0. The van der Waals surface area contributed by atoms with Crippen LogP contribution in [-0.2, 0) is 14.8 Å². The number of halogens is 1. The second-order valence-corrected chi connectivity index (χ2v) is 6.55. The molecule has 1 heterocycles. The van der Waals surface area contributed by atoms with Crippen molar-refractivity contribution in [3.05, 3.63) is 29.6 Å². The fraction of sp³-hybridized carbons (Fsp3) is 0.385. The van der Waals surface area contributed by atoms with Crippen LogP contribution in [-0.4, -0.2) is 36.4 Å². The van der Waals surface area contributed by atoms with Gasteiger partial charge in [0, 0.05) is 6.54 Å². The van der Waals surface area contributed by atoms with Gasteiger partial charge in [-0.3, -0.25) is 4.79 Å². The van der Waals surface area contributed by atoms with Crippen molar-refractivity contribution < 1.29 is 22.7 Å². The molecule has 1 saturated heterocycles. The Balaban J connectivity index is 2.54. The number of hydrogen-bond donors (Lipinski definition) is 1. The number of carbonyl (C=O) groups is 1. The highest BCUT2D eigenvalue weighted by Gasteiger charge is 2.39. The lowest BCUT2D eigenvalue weighted by Crippen LogP contribution is -2.48. The lowest BCUT2D eigenvalue weighted by atomic mass is 10.1. The predicted molar refractivity (Wildman–Crippen MR) is 70.3 cm³/mol. The van der Waals surface area contributed by atoms with E-state index in [2.05, 4.69) is 0 Å². The molecule has 0 saturated carbocycles. The van der Waals surface area contributed by atoms with Gasteiger partial charge < -0.3 is 5.11 Å². The van der Waals surface area contributed by atoms with E-state index in [9.17, 15) is 17.6 Å². The summed E-state index contributed by atoms with van der Waals surface area (Å²) in [7, 11) is -4.23. The molecule has 1 unspecified atom stereocenters. The van der Waals surface area contributed by atoms with Gasteiger partial charge in [-0.25, -0.2) is 12.8 Å². The number of hydrogen-bond acceptors (Lipinski definition) is 4. The Labute approximate surface area is 121 Å². The number of carboxylic acid groups (broad SMARTS) is 1. The van der Waals surface area contributed by atoms with E-state index in [0.717, 1.165) is 16.4 Å². The zero-order chi connectivity index (χ0) is 15.6. The van der Waals surface area contributed by atoms with Crippen molar-refractivity contribution in [3.8, 4) is 6.07 Å². The summed E-state index contributed by atoms with van der Waals surface area (Å²) >= 11 is 0. The lowest BCUT2D eigenvalue weighted by molar-refractivity contribution is -0.142. The van der Waals surface area contributed by atoms with Gasteiger partial charge in [0.25, 0.3) is 0 Å². The molecular formula is C13H13FN2O4S. The fourth-order valence-corrected chi connectivity index (χ4v) is 4.20.